The average molecular weight is 507 g/mol. The van der Waals surface area contributed by atoms with Gasteiger partial charge in [0.1, 0.15) is 5.75 Å². The molecule has 0 atom stereocenters. The number of benzene rings is 2. The molecular weight excluding hydrogens is 468 g/mol. The molecule has 2 aliphatic rings. The molecule has 2 fully saturated rings. The van der Waals surface area contributed by atoms with E-state index < -0.39 is 30.1 Å². The third-order valence-corrected chi connectivity index (χ3v) is 8.09. The highest BCUT2D eigenvalue weighted by molar-refractivity contribution is 5.34. The van der Waals surface area contributed by atoms with E-state index >= 15 is 0 Å². The van der Waals surface area contributed by atoms with Gasteiger partial charge < -0.3 is 9.47 Å². The number of hydrogen-bond acceptors (Lipinski definition) is 2. The molecule has 2 aromatic carbocycles. The van der Waals surface area contributed by atoms with Crippen molar-refractivity contribution in [3.8, 4) is 11.5 Å². The molecule has 0 aromatic heterocycles. The van der Waals surface area contributed by atoms with E-state index in [0.29, 0.717) is 11.8 Å². The molecule has 0 aliphatic heterocycles. The summed E-state index contributed by atoms with van der Waals surface area (Å²) < 4.78 is 68.2. The van der Waals surface area contributed by atoms with Gasteiger partial charge in [-0.2, -0.15) is 13.2 Å². The van der Waals surface area contributed by atoms with E-state index in [4.69, 9.17) is 4.74 Å². The number of ether oxygens (including phenoxy) is 2. The van der Waals surface area contributed by atoms with Crippen LogP contribution in [0.25, 0.3) is 0 Å². The van der Waals surface area contributed by atoms with Crippen LogP contribution in [0.1, 0.15) is 101 Å². The van der Waals surface area contributed by atoms with Gasteiger partial charge in [0.2, 0.25) is 5.82 Å². The van der Waals surface area contributed by atoms with Crippen LogP contribution >= 0.6 is 0 Å². The molecule has 2 aliphatic carbocycles. The minimum absolute atomic E-state index is 0.0921. The lowest BCUT2D eigenvalue weighted by Gasteiger charge is -2.29. The molecule has 4 rings (SSSR count). The van der Waals surface area contributed by atoms with E-state index in [1.54, 1.807) is 12.1 Å². The largest absolute Gasteiger partial charge is 0.483 e. The maximum absolute atomic E-state index is 14.8. The molecule has 0 N–H and O–H groups in total. The summed E-state index contributed by atoms with van der Waals surface area (Å²) in [6.07, 6.45) is 6.64. The first kappa shape index (κ1) is 26.8. The summed E-state index contributed by atoms with van der Waals surface area (Å²) in [7, 11) is 0. The summed E-state index contributed by atoms with van der Waals surface area (Å²) >= 11 is 0. The topological polar surface area (TPSA) is 18.5 Å². The predicted octanol–water partition coefficient (Wildman–Crippen LogP) is 9.38. The van der Waals surface area contributed by atoms with Gasteiger partial charge in [0.05, 0.1) is 0 Å². The second-order valence-electron chi connectivity index (χ2n) is 10.8. The fourth-order valence-electron chi connectivity index (χ4n) is 5.90. The SMILES string of the molecule is CCCC1CCC(c2ccc(OC(F)(F)COc3ccc(C4CCC(C)CC4)cc3)c(F)c2F)CC1. The van der Waals surface area contributed by atoms with Crippen LogP contribution < -0.4 is 9.47 Å². The van der Waals surface area contributed by atoms with Gasteiger partial charge in [-0.1, -0.05) is 57.7 Å². The first-order valence-electron chi connectivity index (χ1n) is 13.5. The monoisotopic (exact) mass is 506 g/mol. The number of halogens is 4. The lowest BCUT2D eigenvalue weighted by molar-refractivity contribution is -0.196. The molecule has 0 bridgehead atoms. The van der Waals surface area contributed by atoms with E-state index in [-0.39, 0.29) is 17.2 Å². The molecule has 0 unspecified atom stereocenters. The van der Waals surface area contributed by atoms with Crippen molar-refractivity contribution in [3.05, 3.63) is 59.2 Å². The van der Waals surface area contributed by atoms with E-state index in [2.05, 4.69) is 18.6 Å². The Morgan fingerprint density at radius 1 is 0.806 bits per heavy atom. The molecule has 36 heavy (non-hydrogen) atoms. The van der Waals surface area contributed by atoms with E-state index in [1.807, 2.05) is 12.1 Å². The third kappa shape index (κ3) is 6.74. The maximum Gasteiger partial charge on any atom is 0.433 e. The minimum Gasteiger partial charge on any atom is -0.483 e. The molecule has 2 saturated carbocycles. The summed E-state index contributed by atoms with van der Waals surface area (Å²) in [6, 6.07) is 9.68. The van der Waals surface area contributed by atoms with Gasteiger partial charge in [-0.25, -0.2) is 4.39 Å². The highest BCUT2D eigenvalue weighted by Crippen LogP contribution is 2.40. The van der Waals surface area contributed by atoms with E-state index in [1.165, 1.54) is 24.5 Å². The van der Waals surface area contributed by atoms with E-state index in [0.717, 1.165) is 63.4 Å². The highest BCUT2D eigenvalue weighted by Gasteiger charge is 2.35. The Morgan fingerprint density at radius 2 is 1.44 bits per heavy atom. The van der Waals surface area contributed by atoms with Gasteiger partial charge in [-0.15, -0.1) is 0 Å². The molecule has 2 nitrogen and oxygen atoms in total. The number of hydrogen-bond donors (Lipinski definition) is 0. The van der Waals surface area contributed by atoms with Crippen molar-refractivity contribution in [1.82, 2.24) is 0 Å². The van der Waals surface area contributed by atoms with Gasteiger partial charge in [-0.05, 0) is 91.5 Å². The van der Waals surface area contributed by atoms with Crippen molar-refractivity contribution in [2.75, 3.05) is 6.61 Å². The Hall–Kier alpha value is -2.24. The van der Waals surface area contributed by atoms with Gasteiger partial charge in [0.25, 0.3) is 0 Å². The lowest BCUT2D eigenvalue weighted by atomic mass is 9.77. The minimum atomic E-state index is -3.81. The van der Waals surface area contributed by atoms with Crippen molar-refractivity contribution in [2.45, 2.75) is 96.0 Å². The molecule has 6 heteroatoms. The van der Waals surface area contributed by atoms with Crippen molar-refractivity contribution >= 4 is 0 Å². The van der Waals surface area contributed by atoms with Gasteiger partial charge in [0.15, 0.2) is 18.2 Å². The van der Waals surface area contributed by atoms with E-state index in [9.17, 15) is 17.6 Å². The smallest absolute Gasteiger partial charge is 0.433 e. The molecule has 0 spiro atoms. The zero-order valence-corrected chi connectivity index (χ0v) is 21.4. The van der Waals surface area contributed by atoms with Crippen LogP contribution in [-0.2, 0) is 0 Å². The van der Waals surface area contributed by atoms with Crippen LogP contribution in [0, 0.1) is 23.5 Å². The average Bonchev–Trinajstić information content (AvgIpc) is 2.87. The Labute approximate surface area is 212 Å². The van der Waals surface area contributed by atoms with Crippen LogP contribution in [0.3, 0.4) is 0 Å². The summed E-state index contributed by atoms with van der Waals surface area (Å²) in [4.78, 5) is 0. The van der Waals surface area contributed by atoms with Crippen LogP contribution in [0.15, 0.2) is 36.4 Å². The first-order chi connectivity index (χ1) is 17.3. The standard InChI is InChI=1S/C30H38F4O2/c1-3-4-21-7-11-24(12-8-21)26-17-18-27(29(32)28(26)31)36-30(33,34)19-35-25-15-13-23(14-16-25)22-9-5-20(2)6-10-22/h13-18,20-22,24H,3-12,19H2,1-2H3. The van der Waals surface area contributed by atoms with Crippen molar-refractivity contribution in [1.29, 1.82) is 0 Å². The number of rotatable bonds is 9. The maximum atomic E-state index is 14.8. The molecular formula is C30H38F4O2. The van der Waals surface area contributed by atoms with Gasteiger partial charge in [-0.3, -0.25) is 0 Å². The molecule has 0 saturated heterocycles. The highest BCUT2D eigenvalue weighted by atomic mass is 19.3. The fraction of sp³-hybridized carbons (Fsp3) is 0.600. The second-order valence-corrected chi connectivity index (χ2v) is 10.8. The van der Waals surface area contributed by atoms with Crippen molar-refractivity contribution < 1.29 is 27.0 Å². The van der Waals surface area contributed by atoms with Gasteiger partial charge in [0, 0.05) is 0 Å². The second kappa shape index (κ2) is 11.9. The molecule has 0 amide bonds. The first-order valence-corrected chi connectivity index (χ1v) is 13.5. The summed E-state index contributed by atoms with van der Waals surface area (Å²) in [5.41, 5.74) is 1.44. The molecule has 0 heterocycles. The lowest BCUT2D eigenvalue weighted by Crippen LogP contribution is -2.33. The number of alkyl halides is 2. The zero-order valence-electron chi connectivity index (χ0n) is 21.4. The van der Waals surface area contributed by atoms with Crippen LogP contribution in [0.4, 0.5) is 17.6 Å². The normalized spacial score (nSPS) is 24.9. The summed E-state index contributed by atoms with van der Waals surface area (Å²) in [6.45, 7) is 3.31. The molecule has 2 aromatic rings. The Bertz CT molecular complexity index is 975. The molecule has 0 radical (unpaired) electrons. The van der Waals surface area contributed by atoms with Crippen LogP contribution in [0.2, 0.25) is 0 Å². The van der Waals surface area contributed by atoms with Crippen molar-refractivity contribution in [2.24, 2.45) is 11.8 Å². The Kier molecular flexibility index (Phi) is 8.84. The third-order valence-electron chi connectivity index (χ3n) is 8.09. The summed E-state index contributed by atoms with van der Waals surface area (Å²) in [5, 5.41) is 0. The van der Waals surface area contributed by atoms with Crippen LogP contribution in [0.5, 0.6) is 11.5 Å². The van der Waals surface area contributed by atoms with Crippen LogP contribution in [-0.4, -0.2) is 12.7 Å². The Morgan fingerprint density at radius 3 is 2.08 bits per heavy atom. The Balaban J connectivity index is 1.32. The van der Waals surface area contributed by atoms with Gasteiger partial charge >= 0.3 is 6.11 Å². The predicted molar refractivity (Wildman–Crippen MR) is 134 cm³/mol. The van der Waals surface area contributed by atoms with Crippen molar-refractivity contribution in [3.63, 3.8) is 0 Å². The molecule has 198 valence electrons. The fourth-order valence-corrected chi connectivity index (χ4v) is 5.90. The summed E-state index contributed by atoms with van der Waals surface area (Å²) in [5.74, 6) is -1.18. The zero-order chi connectivity index (χ0) is 25.7. The quantitative estimate of drug-likeness (QED) is 0.315.